The predicted molar refractivity (Wildman–Crippen MR) is 96.3 cm³/mol. The quantitative estimate of drug-likeness (QED) is 0.741. The maximum Gasteiger partial charge on any atom is 0.339 e. The Kier molecular flexibility index (Phi) is 6.54. The lowest BCUT2D eigenvalue weighted by Crippen LogP contribution is -2.30. The Morgan fingerprint density at radius 3 is 2.44 bits per heavy atom. The number of rotatable bonds is 5. The van der Waals surface area contributed by atoms with Crippen molar-refractivity contribution in [3.05, 3.63) is 55.9 Å². The first-order chi connectivity index (χ1) is 12.8. The van der Waals surface area contributed by atoms with Gasteiger partial charge in [-0.2, -0.15) is 5.10 Å². The first-order valence-corrected chi connectivity index (χ1v) is 8.05. The molecular weight excluding hydrogens is 401 g/mol. The molecule has 142 valence electrons. The monoisotopic (exact) mass is 413 g/mol. The Morgan fingerprint density at radius 2 is 1.81 bits per heavy atom. The lowest BCUT2D eigenvalue weighted by molar-refractivity contribution is -0.117. The molecule has 1 heterocycles. The molecule has 0 spiro atoms. The van der Waals surface area contributed by atoms with Crippen LogP contribution in [0.25, 0.3) is 0 Å². The summed E-state index contributed by atoms with van der Waals surface area (Å²) in [4.78, 5) is 47.8. The van der Waals surface area contributed by atoms with E-state index in [1.54, 1.807) is 0 Å². The number of hydrogen-bond donors (Lipinski definition) is 1. The van der Waals surface area contributed by atoms with Crippen molar-refractivity contribution in [1.29, 1.82) is 0 Å². The van der Waals surface area contributed by atoms with Gasteiger partial charge >= 0.3 is 11.9 Å². The minimum Gasteiger partial charge on any atom is -0.465 e. The fraction of sp³-hybridized carbons (Fsp3) is 0.188. The average Bonchev–Trinajstić information content (AvgIpc) is 2.67. The van der Waals surface area contributed by atoms with Crippen LogP contribution in [0.2, 0.25) is 10.0 Å². The Bertz CT molecular complexity index is 973. The van der Waals surface area contributed by atoms with Crippen LogP contribution < -0.4 is 10.9 Å². The summed E-state index contributed by atoms with van der Waals surface area (Å²) in [5, 5.41) is 5.83. The molecular formula is C16H13Cl2N3O6. The highest BCUT2D eigenvalue weighted by Crippen LogP contribution is 2.20. The van der Waals surface area contributed by atoms with Gasteiger partial charge in [-0.25, -0.2) is 14.3 Å². The molecule has 11 heteroatoms. The van der Waals surface area contributed by atoms with Crippen LogP contribution in [-0.4, -0.2) is 41.8 Å². The number of esters is 2. The van der Waals surface area contributed by atoms with Gasteiger partial charge in [0.05, 0.1) is 42.3 Å². The van der Waals surface area contributed by atoms with Crippen molar-refractivity contribution in [3.63, 3.8) is 0 Å². The van der Waals surface area contributed by atoms with Crippen molar-refractivity contribution in [3.8, 4) is 0 Å². The van der Waals surface area contributed by atoms with Gasteiger partial charge in [0.25, 0.3) is 5.56 Å². The van der Waals surface area contributed by atoms with Crippen molar-refractivity contribution >= 4 is 46.7 Å². The molecule has 2 rings (SSSR count). The molecule has 1 aromatic heterocycles. The molecule has 27 heavy (non-hydrogen) atoms. The molecule has 9 nitrogen and oxygen atoms in total. The number of halogens is 2. The van der Waals surface area contributed by atoms with E-state index < -0.39 is 29.9 Å². The van der Waals surface area contributed by atoms with E-state index in [1.165, 1.54) is 32.4 Å². The summed E-state index contributed by atoms with van der Waals surface area (Å²) in [6.45, 7) is -0.501. The topological polar surface area (TPSA) is 117 Å². The molecule has 0 bridgehead atoms. The highest BCUT2D eigenvalue weighted by Gasteiger charge is 2.18. The summed E-state index contributed by atoms with van der Waals surface area (Å²) in [5.41, 5.74) is -0.642. The van der Waals surface area contributed by atoms with Gasteiger partial charge in [0.2, 0.25) is 5.91 Å². The number of methoxy groups -OCH3 is 2. The number of carbonyl (C=O) groups excluding carboxylic acids is 3. The van der Waals surface area contributed by atoms with Gasteiger partial charge in [0.1, 0.15) is 11.6 Å². The summed E-state index contributed by atoms with van der Waals surface area (Å²) >= 11 is 11.4. The van der Waals surface area contributed by atoms with Gasteiger partial charge in [-0.1, -0.05) is 23.2 Å². The van der Waals surface area contributed by atoms with Crippen LogP contribution in [0.4, 0.5) is 5.69 Å². The van der Waals surface area contributed by atoms with Crippen LogP contribution >= 0.6 is 23.2 Å². The second-order valence-electron chi connectivity index (χ2n) is 5.06. The summed E-state index contributed by atoms with van der Waals surface area (Å²) in [5.74, 6) is -2.09. The van der Waals surface area contributed by atoms with Gasteiger partial charge in [-0.15, -0.1) is 0 Å². The number of anilines is 1. The third kappa shape index (κ3) is 4.63. The molecule has 0 unspecified atom stereocenters. The van der Waals surface area contributed by atoms with E-state index >= 15 is 0 Å². The van der Waals surface area contributed by atoms with E-state index in [1.807, 2.05) is 0 Å². The van der Waals surface area contributed by atoms with Crippen molar-refractivity contribution < 1.29 is 23.9 Å². The summed E-state index contributed by atoms with van der Waals surface area (Å²) < 4.78 is 10.1. The molecule has 1 amide bonds. The molecule has 0 saturated heterocycles. The van der Waals surface area contributed by atoms with Crippen molar-refractivity contribution in [2.24, 2.45) is 0 Å². The van der Waals surface area contributed by atoms with Crippen LogP contribution in [0.5, 0.6) is 0 Å². The Balaban J connectivity index is 2.33. The summed E-state index contributed by atoms with van der Waals surface area (Å²) in [7, 11) is 2.36. The zero-order chi connectivity index (χ0) is 20.1. The van der Waals surface area contributed by atoms with E-state index in [2.05, 4.69) is 19.9 Å². The van der Waals surface area contributed by atoms with Crippen LogP contribution in [0.15, 0.2) is 29.2 Å². The fourth-order valence-electron chi connectivity index (χ4n) is 2.06. The zero-order valence-corrected chi connectivity index (χ0v) is 15.6. The Hall–Kier alpha value is -2.91. The molecule has 0 fully saturated rings. The number of nitrogens with one attached hydrogen (secondary N) is 1. The molecule has 0 aliphatic carbocycles. The lowest BCUT2D eigenvalue weighted by atomic mass is 10.1. The van der Waals surface area contributed by atoms with E-state index in [9.17, 15) is 19.2 Å². The first kappa shape index (κ1) is 20.4. The molecule has 1 aromatic carbocycles. The minimum atomic E-state index is -0.754. The van der Waals surface area contributed by atoms with Crippen LogP contribution in [0.3, 0.4) is 0 Å². The molecule has 2 aromatic rings. The summed E-state index contributed by atoms with van der Waals surface area (Å²) in [6, 6.07) is 3.90. The van der Waals surface area contributed by atoms with Crippen LogP contribution in [-0.2, 0) is 20.8 Å². The third-order valence-corrected chi connectivity index (χ3v) is 4.10. The molecule has 0 atom stereocenters. The van der Waals surface area contributed by atoms with Crippen LogP contribution in [0, 0.1) is 0 Å². The third-order valence-electron chi connectivity index (χ3n) is 3.36. The molecule has 0 saturated carbocycles. The highest BCUT2D eigenvalue weighted by atomic mass is 35.5. The number of carbonyl (C=O) groups is 3. The van der Waals surface area contributed by atoms with Gasteiger partial charge in [-0.3, -0.25) is 9.59 Å². The van der Waals surface area contributed by atoms with E-state index in [0.717, 1.165) is 10.9 Å². The maximum atomic E-state index is 12.3. The van der Waals surface area contributed by atoms with E-state index in [0.29, 0.717) is 0 Å². The predicted octanol–water partition coefficient (Wildman–Crippen LogP) is 1.76. The number of ether oxygens (including phenoxy) is 2. The van der Waals surface area contributed by atoms with Gasteiger partial charge in [0.15, 0.2) is 0 Å². The fourth-order valence-corrected chi connectivity index (χ4v) is 2.33. The first-order valence-electron chi connectivity index (χ1n) is 7.30. The zero-order valence-electron chi connectivity index (χ0n) is 14.1. The molecule has 1 N–H and O–H groups in total. The number of amides is 1. The molecule has 0 radical (unpaired) electrons. The largest absolute Gasteiger partial charge is 0.465 e. The number of nitrogens with zero attached hydrogens (tertiary/aromatic N) is 2. The van der Waals surface area contributed by atoms with Gasteiger partial charge in [0, 0.05) is 0 Å². The maximum absolute atomic E-state index is 12.3. The number of aromatic nitrogens is 2. The summed E-state index contributed by atoms with van der Waals surface area (Å²) in [6.07, 6.45) is 1.12. The van der Waals surface area contributed by atoms with E-state index in [4.69, 9.17) is 23.2 Å². The minimum absolute atomic E-state index is 0.00265. The molecule has 0 aliphatic rings. The van der Waals surface area contributed by atoms with Gasteiger partial charge < -0.3 is 14.8 Å². The Labute approximate surface area is 162 Å². The van der Waals surface area contributed by atoms with Crippen molar-refractivity contribution in [2.75, 3.05) is 19.5 Å². The second kappa shape index (κ2) is 8.65. The standard InChI is InChI=1S/C16H13Cl2N3O6/c1-26-15(24)8-3-4-9(16(25)27-2)11(5-8)20-12(22)7-21-14(23)13(18)10(17)6-19-21/h3-6H,7H2,1-2H3,(H,20,22). The van der Waals surface area contributed by atoms with Crippen LogP contribution in [0.1, 0.15) is 20.7 Å². The normalized spacial score (nSPS) is 10.2. The number of hydrogen-bond acceptors (Lipinski definition) is 7. The van der Waals surface area contributed by atoms with Gasteiger partial charge in [-0.05, 0) is 18.2 Å². The van der Waals surface area contributed by atoms with Crippen molar-refractivity contribution in [1.82, 2.24) is 9.78 Å². The SMILES string of the molecule is COC(=O)c1ccc(C(=O)OC)c(NC(=O)Cn2ncc(Cl)c(Cl)c2=O)c1. The van der Waals surface area contributed by atoms with Crippen molar-refractivity contribution in [2.45, 2.75) is 6.54 Å². The Morgan fingerprint density at radius 1 is 1.15 bits per heavy atom. The second-order valence-corrected chi connectivity index (χ2v) is 5.85. The smallest absolute Gasteiger partial charge is 0.339 e. The molecule has 0 aliphatic heterocycles. The average molecular weight is 414 g/mol. The highest BCUT2D eigenvalue weighted by molar-refractivity contribution is 6.41. The number of benzene rings is 1. The lowest BCUT2D eigenvalue weighted by Gasteiger charge is -2.12. The van der Waals surface area contributed by atoms with E-state index in [-0.39, 0.29) is 26.9 Å².